The molecule has 0 saturated carbocycles. The van der Waals surface area contributed by atoms with Crippen molar-refractivity contribution in [3.8, 4) is 39.8 Å². The van der Waals surface area contributed by atoms with Crippen molar-refractivity contribution in [3.05, 3.63) is 108 Å². The van der Waals surface area contributed by atoms with Crippen LogP contribution >= 0.6 is 0 Å². The minimum Gasteiger partial charge on any atom is -0.494 e. The zero-order valence-electron chi connectivity index (χ0n) is 24.2. The maximum Gasteiger partial charge on any atom is 0.343 e. The molecule has 0 amide bonds. The topological polar surface area (TPSA) is 59.3 Å². The molecular formula is C37H39NO3. The summed E-state index contributed by atoms with van der Waals surface area (Å²) in [5, 5.41) is 9.79. The SMILES string of the molecule is CCCCCCOc1ccc(-c2ccc(OC(=O)c3ccc(-c4ccc(CCCCC)cc4)c(C#N)c3)cc2)cc1. The molecule has 210 valence electrons. The molecule has 0 unspecified atom stereocenters. The molecule has 0 saturated heterocycles. The van der Waals surface area contributed by atoms with E-state index in [4.69, 9.17) is 9.47 Å². The molecule has 4 aromatic rings. The smallest absolute Gasteiger partial charge is 0.343 e. The second-order valence-corrected chi connectivity index (χ2v) is 10.4. The highest BCUT2D eigenvalue weighted by Gasteiger charge is 2.13. The van der Waals surface area contributed by atoms with Crippen LogP contribution in [0.15, 0.2) is 91.0 Å². The third kappa shape index (κ3) is 8.56. The van der Waals surface area contributed by atoms with Gasteiger partial charge in [-0.15, -0.1) is 0 Å². The van der Waals surface area contributed by atoms with Crippen molar-refractivity contribution >= 4 is 5.97 Å². The summed E-state index contributed by atoms with van der Waals surface area (Å²) in [6.07, 6.45) is 9.41. The van der Waals surface area contributed by atoms with Crippen molar-refractivity contribution in [2.75, 3.05) is 6.61 Å². The molecular weight excluding hydrogens is 506 g/mol. The fourth-order valence-corrected chi connectivity index (χ4v) is 4.79. The van der Waals surface area contributed by atoms with Crippen molar-refractivity contribution in [1.82, 2.24) is 0 Å². The van der Waals surface area contributed by atoms with E-state index in [9.17, 15) is 10.1 Å². The number of esters is 1. The van der Waals surface area contributed by atoms with Crippen molar-refractivity contribution < 1.29 is 14.3 Å². The average molecular weight is 546 g/mol. The molecule has 0 aliphatic heterocycles. The highest BCUT2D eigenvalue weighted by atomic mass is 16.5. The average Bonchev–Trinajstić information content (AvgIpc) is 3.02. The zero-order chi connectivity index (χ0) is 28.9. The van der Waals surface area contributed by atoms with E-state index >= 15 is 0 Å². The van der Waals surface area contributed by atoms with Crippen LogP contribution in [-0.2, 0) is 6.42 Å². The first-order valence-electron chi connectivity index (χ1n) is 14.8. The number of carbonyl (C=O) groups excluding carboxylic acids is 1. The van der Waals surface area contributed by atoms with Gasteiger partial charge in [-0.2, -0.15) is 5.26 Å². The van der Waals surface area contributed by atoms with E-state index in [0.29, 0.717) is 16.9 Å². The molecule has 4 heteroatoms. The fourth-order valence-electron chi connectivity index (χ4n) is 4.79. The summed E-state index contributed by atoms with van der Waals surface area (Å²) < 4.78 is 11.5. The van der Waals surface area contributed by atoms with Gasteiger partial charge < -0.3 is 9.47 Å². The number of nitrogens with zero attached hydrogens (tertiary/aromatic N) is 1. The Kier molecular flexibility index (Phi) is 11.1. The second-order valence-electron chi connectivity index (χ2n) is 10.4. The van der Waals surface area contributed by atoms with Gasteiger partial charge in [0.25, 0.3) is 0 Å². The number of aryl methyl sites for hydroxylation is 1. The minimum atomic E-state index is -0.493. The van der Waals surface area contributed by atoms with Gasteiger partial charge in [-0.1, -0.05) is 101 Å². The molecule has 4 rings (SSSR count). The molecule has 0 bridgehead atoms. The van der Waals surface area contributed by atoms with Crippen molar-refractivity contribution in [1.29, 1.82) is 5.26 Å². The lowest BCUT2D eigenvalue weighted by Crippen LogP contribution is -2.09. The Bertz CT molecular complexity index is 1430. The van der Waals surface area contributed by atoms with E-state index in [-0.39, 0.29) is 0 Å². The van der Waals surface area contributed by atoms with E-state index in [1.165, 1.54) is 44.1 Å². The van der Waals surface area contributed by atoms with Crippen molar-refractivity contribution in [3.63, 3.8) is 0 Å². The third-order valence-electron chi connectivity index (χ3n) is 7.23. The molecule has 0 atom stereocenters. The van der Waals surface area contributed by atoms with Crippen LogP contribution in [0, 0.1) is 11.3 Å². The van der Waals surface area contributed by atoms with Crippen molar-refractivity contribution in [2.45, 2.75) is 65.2 Å². The molecule has 0 aliphatic rings. The maximum absolute atomic E-state index is 12.9. The largest absolute Gasteiger partial charge is 0.494 e. The number of carbonyl (C=O) groups is 1. The van der Waals surface area contributed by atoms with E-state index in [1.54, 1.807) is 24.3 Å². The van der Waals surface area contributed by atoms with Crippen LogP contribution in [0.2, 0.25) is 0 Å². The van der Waals surface area contributed by atoms with E-state index < -0.39 is 5.97 Å². The van der Waals surface area contributed by atoms with Gasteiger partial charge in [-0.05, 0) is 83.5 Å². The number of ether oxygens (including phenoxy) is 2. The van der Waals surface area contributed by atoms with E-state index in [0.717, 1.165) is 47.5 Å². The van der Waals surface area contributed by atoms with Crippen molar-refractivity contribution in [2.24, 2.45) is 0 Å². The Labute approximate surface area is 244 Å². The van der Waals surface area contributed by atoms with Crippen LogP contribution in [0.4, 0.5) is 0 Å². The number of unbranched alkanes of at least 4 members (excludes halogenated alkanes) is 5. The number of rotatable bonds is 14. The van der Waals surface area contributed by atoms with Crippen LogP contribution in [0.1, 0.15) is 80.3 Å². The summed E-state index contributed by atoms with van der Waals surface area (Å²) in [7, 11) is 0. The lowest BCUT2D eigenvalue weighted by atomic mass is 9.96. The number of benzene rings is 4. The Morgan fingerprint density at radius 2 is 1.29 bits per heavy atom. The van der Waals surface area contributed by atoms with E-state index in [1.807, 2.05) is 54.6 Å². The molecule has 4 aromatic carbocycles. The van der Waals surface area contributed by atoms with Gasteiger partial charge in [-0.3, -0.25) is 0 Å². The standard InChI is InChI=1S/C37H39NO3/c1-3-5-7-9-25-40-34-20-15-29(16-21-34)30-17-22-35(23-18-30)41-37(39)32-19-24-36(33(26-32)27-38)31-13-11-28(12-14-31)10-8-6-4-2/h11-24,26H,3-10,25H2,1-2H3. The van der Waals surface area contributed by atoms with Gasteiger partial charge >= 0.3 is 5.97 Å². The van der Waals surface area contributed by atoms with Crippen LogP contribution in [-0.4, -0.2) is 12.6 Å². The summed E-state index contributed by atoms with van der Waals surface area (Å²) in [5.74, 6) is 0.831. The van der Waals surface area contributed by atoms with Gasteiger partial charge in [-0.25, -0.2) is 4.79 Å². The molecule has 0 heterocycles. The highest BCUT2D eigenvalue weighted by Crippen LogP contribution is 2.28. The summed E-state index contributed by atoms with van der Waals surface area (Å²) in [5.41, 5.74) is 5.93. The van der Waals surface area contributed by atoms with E-state index in [2.05, 4.69) is 32.0 Å². The number of hydrogen-bond donors (Lipinski definition) is 0. The maximum atomic E-state index is 12.9. The zero-order valence-corrected chi connectivity index (χ0v) is 24.2. The molecule has 0 N–H and O–H groups in total. The molecule has 4 nitrogen and oxygen atoms in total. The molecule has 0 aromatic heterocycles. The van der Waals surface area contributed by atoms with Gasteiger partial charge in [0.05, 0.1) is 23.8 Å². The first-order chi connectivity index (χ1) is 20.1. The Hall–Kier alpha value is -4.36. The second kappa shape index (κ2) is 15.4. The molecule has 0 spiro atoms. The Morgan fingerprint density at radius 3 is 1.93 bits per heavy atom. The first kappa shape index (κ1) is 29.6. The highest BCUT2D eigenvalue weighted by molar-refractivity contribution is 5.92. The summed E-state index contributed by atoms with van der Waals surface area (Å²) >= 11 is 0. The number of hydrogen-bond acceptors (Lipinski definition) is 4. The van der Waals surface area contributed by atoms with Crippen LogP contribution in [0.3, 0.4) is 0 Å². The molecule has 0 radical (unpaired) electrons. The predicted octanol–water partition coefficient (Wildman–Crippen LogP) is 9.80. The summed E-state index contributed by atoms with van der Waals surface area (Å²) in [6, 6.07) is 31.2. The Morgan fingerprint density at radius 1 is 0.683 bits per heavy atom. The summed E-state index contributed by atoms with van der Waals surface area (Å²) in [6.45, 7) is 5.15. The molecule has 41 heavy (non-hydrogen) atoms. The summed E-state index contributed by atoms with van der Waals surface area (Å²) in [4.78, 5) is 12.9. The first-order valence-corrected chi connectivity index (χ1v) is 14.8. The van der Waals surface area contributed by atoms with Gasteiger partial charge in [0.2, 0.25) is 0 Å². The van der Waals surface area contributed by atoms with Crippen LogP contribution in [0.5, 0.6) is 11.5 Å². The quantitative estimate of drug-likeness (QED) is 0.0899. The molecule has 0 fully saturated rings. The van der Waals surface area contributed by atoms with Crippen LogP contribution < -0.4 is 9.47 Å². The number of nitriles is 1. The predicted molar refractivity (Wildman–Crippen MR) is 166 cm³/mol. The Balaban J connectivity index is 1.36. The van der Waals surface area contributed by atoms with Crippen LogP contribution in [0.25, 0.3) is 22.3 Å². The lowest BCUT2D eigenvalue weighted by Gasteiger charge is -2.10. The fraction of sp³-hybridized carbons (Fsp3) is 0.297. The lowest BCUT2D eigenvalue weighted by molar-refractivity contribution is 0.0734. The van der Waals surface area contributed by atoms with Gasteiger partial charge in [0.1, 0.15) is 11.5 Å². The van der Waals surface area contributed by atoms with Gasteiger partial charge in [0, 0.05) is 0 Å². The normalized spacial score (nSPS) is 10.7. The third-order valence-corrected chi connectivity index (χ3v) is 7.23. The monoisotopic (exact) mass is 545 g/mol. The molecule has 0 aliphatic carbocycles. The minimum absolute atomic E-state index is 0.343. The van der Waals surface area contributed by atoms with Gasteiger partial charge in [0.15, 0.2) is 0 Å².